The van der Waals surface area contributed by atoms with Crippen LogP contribution in [0.15, 0.2) is 52.1 Å². The van der Waals surface area contributed by atoms with Crippen molar-refractivity contribution in [1.82, 2.24) is 15.1 Å². The highest BCUT2D eigenvalue weighted by Crippen LogP contribution is 2.36. The number of hydrogen-bond acceptors (Lipinski definition) is 10. The number of nitro groups is 1. The van der Waals surface area contributed by atoms with Crippen molar-refractivity contribution in [3.05, 3.63) is 52.6 Å². The molecule has 11 nitrogen and oxygen atoms in total. The molecule has 3 aromatic rings. The number of carbonyl (C=O) groups is 1. The van der Waals surface area contributed by atoms with Crippen LogP contribution in [0, 0.1) is 10.1 Å². The first-order valence-electron chi connectivity index (χ1n) is 10.2. The van der Waals surface area contributed by atoms with Crippen LogP contribution in [-0.2, 0) is 4.79 Å². The Hall–Kier alpha value is -3.80. The first-order valence-corrected chi connectivity index (χ1v) is 11.2. The van der Waals surface area contributed by atoms with Crippen LogP contribution >= 0.6 is 11.8 Å². The Bertz CT molecular complexity index is 1180. The van der Waals surface area contributed by atoms with Gasteiger partial charge in [0.1, 0.15) is 0 Å². The highest BCUT2D eigenvalue weighted by molar-refractivity contribution is 7.99. The minimum absolute atomic E-state index is 0.00817. The Morgan fingerprint density at radius 3 is 2.55 bits per heavy atom. The standard InChI is InChI=1S/C21H19N5O6S/c27-19(25-9-7-24(8-10-25)15-2-4-16(5-3-15)26(28)29)12-33-21-23-22-20(32-21)14-1-6-17-18(11-14)31-13-30-17/h1-6,11H,7-10,12-13H2. The summed E-state index contributed by atoms with van der Waals surface area (Å²) < 4.78 is 16.4. The maximum atomic E-state index is 12.6. The number of piperazine rings is 1. The Labute approximate surface area is 192 Å². The number of aromatic nitrogens is 2. The average molecular weight is 469 g/mol. The van der Waals surface area contributed by atoms with E-state index in [2.05, 4.69) is 15.1 Å². The summed E-state index contributed by atoms with van der Waals surface area (Å²) in [6, 6.07) is 11.8. The second-order valence-electron chi connectivity index (χ2n) is 7.37. The fourth-order valence-corrected chi connectivity index (χ4v) is 4.29. The second kappa shape index (κ2) is 8.98. The molecule has 1 saturated heterocycles. The summed E-state index contributed by atoms with van der Waals surface area (Å²) in [5.74, 6) is 1.83. The van der Waals surface area contributed by atoms with Gasteiger partial charge in [0.05, 0.1) is 10.7 Å². The molecule has 0 spiro atoms. The lowest BCUT2D eigenvalue weighted by molar-refractivity contribution is -0.384. The number of hydrogen-bond donors (Lipinski definition) is 0. The van der Waals surface area contributed by atoms with Crippen LogP contribution in [0.2, 0.25) is 0 Å². The maximum Gasteiger partial charge on any atom is 0.277 e. The lowest BCUT2D eigenvalue weighted by Gasteiger charge is -2.36. The lowest BCUT2D eigenvalue weighted by atomic mass is 10.2. The SMILES string of the molecule is O=C(CSc1nnc(-c2ccc3c(c2)OCO3)o1)N1CCN(c2ccc([N+](=O)[O-])cc2)CC1. The first-order chi connectivity index (χ1) is 16.1. The van der Waals surface area contributed by atoms with Gasteiger partial charge in [0.2, 0.25) is 18.6 Å². The van der Waals surface area contributed by atoms with Crippen LogP contribution in [0.25, 0.3) is 11.5 Å². The fourth-order valence-electron chi connectivity index (χ4n) is 3.63. The van der Waals surface area contributed by atoms with Crippen molar-refractivity contribution in [1.29, 1.82) is 0 Å². The Morgan fingerprint density at radius 2 is 1.79 bits per heavy atom. The molecule has 0 atom stereocenters. The average Bonchev–Trinajstić information content (AvgIpc) is 3.52. The zero-order valence-corrected chi connectivity index (χ0v) is 18.2. The van der Waals surface area contributed by atoms with Gasteiger partial charge in [0.15, 0.2) is 11.5 Å². The number of nitro benzene ring substituents is 1. The van der Waals surface area contributed by atoms with E-state index < -0.39 is 4.92 Å². The molecule has 3 heterocycles. The minimum atomic E-state index is -0.417. The number of amides is 1. The number of thioether (sulfide) groups is 1. The molecule has 0 aliphatic carbocycles. The molecule has 0 bridgehead atoms. The zero-order valence-electron chi connectivity index (χ0n) is 17.4. The summed E-state index contributed by atoms with van der Waals surface area (Å²) in [4.78, 5) is 26.9. The molecule has 170 valence electrons. The molecule has 0 unspecified atom stereocenters. The molecule has 33 heavy (non-hydrogen) atoms. The minimum Gasteiger partial charge on any atom is -0.454 e. The maximum absolute atomic E-state index is 12.6. The van der Waals surface area contributed by atoms with Gasteiger partial charge < -0.3 is 23.7 Å². The Kier molecular flexibility index (Phi) is 5.73. The molecule has 1 aromatic heterocycles. The molecular formula is C21H19N5O6S. The summed E-state index contributed by atoms with van der Waals surface area (Å²) in [5, 5.41) is 19.2. The quantitative estimate of drug-likeness (QED) is 0.302. The van der Waals surface area contributed by atoms with Crippen LogP contribution in [-0.4, -0.2) is 64.7 Å². The van der Waals surface area contributed by atoms with Gasteiger partial charge in [-0.05, 0) is 30.3 Å². The predicted molar refractivity (Wildman–Crippen MR) is 118 cm³/mol. The third kappa shape index (κ3) is 4.55. The molecule has 0 N–H and O–H groups in total. The van der Waals surface area contributed by atoms with Crippen molar-refractivity contribution >= 4 is 29.0 Å². The molecule has 1 amide bonds. The van der Waals surface area contributed by atoms with Crippen LogP contribution in [0.4, 0.5) is 11.4 Å². The molecule has 12 heteroatoms. The smallest absolute Gasteiger partial charge is 0.277 e. The van der Waals surface area contributed by atoms with E-state index in [1.54, 1.807) is 29.2 Å². The van der Waals surface area contributed by atoms with Crippen LogP contribution in [0.1, 0.15) is 0 Å². The molecule has 5 rings (SSSR count). The van der Waals surface area contributed by atoms with Crippen LogP contribution in [0.3, 0.4) is 0 Å². The summed E-state index contributed by atoms with van der Waals surface area (Å²) >= 11 is 1.20. The first kappa shape index (κ1) is 21.1. The van der Waals surface area contributed by atoms with Crippen molar-refractivity contribution in [3.63, 3.8) is 0 Å². The number of fused-ring (bicyclic) bond motifs is 1. The zero-order chi connectivity index (χ0) is 22.8. The molecule has 2 aliphatic heterocycles. The van der Waals surface area contributed by atoms with E-state index in [0.29, 0.717) is 54.4 Å². The molecule has 1 fully saturated rings. The molecule has 0 saturated carbocycles. The molecule has 2 aliphatic rings. The van der Waals surface area contributed by atoms with Crippen molar-refractivity contribution in [2.45, 2.75) is 5.22 Å². The van der Waals surface area contributed by atoms with Gasteiger partial charge in [-0.15, -0.1) is 10.2 Å². The molecule has 0 radical (unpaired) electrons. The van der Waals surface area contributed by atoms with E-state index in [0.717, 1.165) is 5.69 Å². The molecular weight excluding hydrogens is 450 g/mol. The summed E-state index contributed by atoms with van der Waals surface area (Å²) in [6.45, 7) is 2.64. The number of benzene rings is 2. The van der Waals surface area contributed by atoms with Gasteiger partial charge in [0.25, 0.3) is 10.9 Å². The largest absolute Gasteiger partial charge is 0.454 e. The molecule has 2 aromatic carbocycles. The van der Waals surface area contributed by atoms with Crippen LogP contribution in [0.5, 0.6) is 11.5 Å². The van der Waals surface area contributed by atoms with Crippen LogP contribution < -0.4 is 14.4 Å². The van der Waals surface area contributed by atoms with Crippen molar-refractivity contribution in [3.8, 4) is 23.0 Å². The summed E-state index contributed by atoms with van der Waals surface area (Å²) in [6.07, 6.45) is 0. The lowest BCUT2D eigenvalue weighted by Crippen LogP contribution is -2.49. The number of rotatable bonds is 6. The summed E-state index contributed by atoms with van der Waals surface area (Å²) in [5.41, 5.74) is 1.68. The van der Waals surface area contributed by atoms with E-state index in [1.165, 1.54) is 23.9 Å². The van der Waals surface area contributed by atoms with E-state index in [4.69, 9.17) is 13.9 Å². The van der Waals surface area contributed by atoms with E-state index in [1.807, 2.05) is 6.07 Å². The van der Waals surface area contributed by atoms with Gasteiger partial charge in [-0.2, -0.15) is 0 Å². The number of anilines is 1. The van der Waals surface area contributed by atoms with Crippen molar-refractivity contribution < 1.29 is 23.6 Å². The van der Waals surface area contributed by atoms with E-state index in [9.17, 15) is 14.9 Å². The summed E-state index contributed by atoms with van der Waals surface area (Å²) in [7, 11) is 0. The van der Waals surface area contributed by atoms with Gasteiger partial charge in [-0.25, -0.2) is 0 Å². The van der Waals surface area contributed by atoms with E-state index >= 15 is 0 Å². The number of nitrogens with zero attached hydrogens (tertiary/aromatic N) is 5. The van der Waals surface area contributed by atoms with Gasteiger partial charge in [0, 0.05) is 49.6 Å². The Balaban J connectivity index is 1.12. The van der Waals surface area contributed by atoms with Gasteiger partial charge in [-0.1, -0.05) is 11.8 Å². The number of ether oxygens (including phenoxy) is 2. The van der Waals surface area contributed by atoms with E-state index in [-0.39, 0.29) is 24.1 Å². The van der Waals surface area contributed by atoms with Crippen molar-refractivity contribution in [2.24, 2.45) is 0 Å². The van der Waals surface area contributed by atoms with Gasteiger partial charge >= 0.3 is 0 Å². The number of non-ortho nitro benzene ring substituents is 1. The Morgan fingerprint density at radius 1 is 1.03 bits per heavy atom. The highest BCUT2D eigenvalue weighted by atomic mass is 32.2. The third-order valence-electron chi connectivity index (χ3n) is 5.40. The number of carbonyl (C=O) groups excluding carboxylic acids is 1. The topological polar surface area (TPSA) is 124 Å². The third-order valence-corrected chi connectivity index (χ3v) is 6.21. The highest BCUT2D eigenvalue weighted by Gasteiger charge is 2.23. The van der Waals surface area contributed by atoms with Gasteiger partial charge in [-0.3, -0.25) is 14.9 Å². The monoisotopic (exact) mass is 469 g/mol. The normalized spacial score (nSPS) is 15.0. The second-order valence-corrected chi connectivity index (χ2v) is 8.30. The fraction of sp³-hybridized carbons (Fsp3) is 0.286. The van der Waals surface area contributed by atoms with Crippen molar-refractivity contribution in [2.75, 3.05) is 43.6 Å². The predicted octanol–water partition coefficient (Wildman–Crippen LogP) is 2.81.